The standard InChI is InChI=1S/C26H25N3O3S/c1-17-10-11-19(18(2)14-17)15-23-25(31)29(21-8-4-5-9-22(21)32-3)26(33-23)20(16-27)24(30)28-12-6-7-13-28/h4-5,8-11,14-15H,6-7,12-13H2,1-3H3/b23-15+,26-20-. The monoisotopic (exact) mass is 459 g/mol. The number of nitrogens with zero attached hydrogens (tertiary/aromatic N) is 3. The number of nitriles is 1. The minimum atomic E-state index is -0.335. The lowest BCUT2D eigenvalue weighted by atomic mass is 10.1. The molecular weight excluding hydrogens is 434 g/mol. The molecule has 0 N–H and O–H groups in total. The quantitative estimate of drug-likeness (QED) is 0.601. The maximum atomic E-state index is 13.6. The predicted molar refractivity (Wildman–Crippen MR) is 130 cm³/mol. The molecule has 6 nitrogen and oxygen atoms in total. The Morgan fingerprint density at radius 1 is 1.15 bits per heavy atom. The van der Waals surface area contributed by atoms with Crippen LogP contribution >= 0.6 is 11.3 Å². The second-order valence-corrected chi connectivity index (χ2v) is 9.11. The zero-order valence-corrected chi connectivity index (χ0v) is 19.7. The van der Waals surface area contributed by atoms with Gasteiger partial charge >= 0.3 is 0 Å². The number of hydrogen-bond acceptors (Lipinski definition) is 5. The van der Waals surface area contributed by atoms with Gasteiger partial charge in [0.1, 0.15) is 16.5 Å². The van der Waals surface area contributed by atoms with Crippen LogP contribution < -0.4 is 19.5 Å². The normalized spacial score (nSPS) is 14.8. The first-order valence-corrected chi connectivity index (χ1v) is 11.6. The number of benzene rings is 2. The van der Waals surface area contributed by atoms with Crippen LogP contribution in [-0.2, 0) is 4.79 Å². The summed E-state index contributed by atoms with van der Waals surface area (Å²) in [7, 11) is 1.53. The van der Waals surface area contributed by atoms with Crippen molar-refractivity contribution in [2.24, 2.45) is 0 Å². The van der Waals surface area contributed by atoms with Crippen LogP contribution in [0.25, 0.3) is 17.3 Å². The SMILES string of the molecule is COc1ccccc1-n1c(=O)/c(=C\c2ccc(C)cc2C)s/c1=C(/C#N)C(=O)N1CCCC1. The van der Waals surface area contributed by atoms with Gasteiger partial charge in [0, 0.05) is 13.1 Å². The molecule has 168 valence electrons. The lowest BCUT2D eigenvalue weighted by Gasteiger charge is -2.14. The van der Waals surface area contributed by atoms with Gasteiger partial charge in [-0.05, 0) is 56.0 Å². The Hall–Kier alpha value is -3.63. The first kappa shape index (κ1) is 22.6. The Balaban J connectivity index is 2.06. The van der Waals surface area contributed by atoms with Gasteiger partial charge < -0.3 is 9.64 Å². The van der Waals surface area contributed by atoms with Crippen molar-refractivity contribution in [3.63, 3.8) is 0 Å². The van der Waals surface area contributed by atoms with Crippen LogP contribution in [0.3, 0.4) is 0 Å². The number of carbonyl (C=O) groups is 1. The van der Waals surface area contributed by atoms with Gasteiger partial charge in [0.25, 0.3) is 11.5 Å². The van der Waals surface area contributed by atoms with E-state index in [1.165, 1.54) is 11.7 Å². The largest absolute Gasteiger partial charge is 0.495 e. The lowest BCUT2D eigenvalue weighted by molar-refractivity contribution is -0.123. The summed E-state index contributed by atoms with van der Waals surface area (Å²) in [5.74, 6) is 0.153. The van der Waals surface area contributed by atoms with Gasteiger partial charge in [0.05, 0.1) is 17.3 Å². The molecule has 1 saturated heterocycles. The lowest BCUT2D eigenvalue weighted by Crippen LogP contribution is -2.35. The molecule has 33 heavy (non-hydrogen) atoms. The van der Waals surface area contributed by atoms with Gasteiger partial charge in [-0.3, -0.25) is 14.2 Å². The average Bonchev–Trinajstić information content (AvgIpc) is 3.45. The number of thiazole rings is 1. The summed E-state index contributed by atoms with van der Waals surface area (Å²) < 4.78 is 7.69. The third kappa shape index (κ3) is 4.35. The first-order valence-electron chi connectivity index (χ1n) is 10.8. The number of carbonyl (C=O) groups excluding carboxylic acids is 1. The van der Waals surface area contributed by atoms with Gasteiger partial charge in [0.2, 0.25) is 0 Å². The maximum Gasteiger partial charge on any atom is 0.273 e. The van der Waals surface area contributed by atoms with Crippen LogP contribution in [0.15, 0.2) is 47.3 Å². The zero-order chi connectivity index (χ0) is 23.5. The molecule has 2 aromatic carbocycles. The maximum absolute atomic E-state index is 13.6. The molecule has 3 aromatic rings. The molecule has 1 aliphatic heterocycles. The van der Waals surface area contributed by atoms with Crippen molar-refractivity contribution in [3.05, 3.63) is 78.7 Å². The van der Waals surface area contributed by atoms with Gasteiger partial charge in [0.15, 0.2) is 5.57 Å². The van der Waals surface area contributed by atoms with E-state index in [0.29, 0.717) is 33.7 Å². The van der Waals surface area contributed by atoms with Crippen molar-refractivity contribution >= 4 is 28.9 Å². The summed E-state index contributed by atoms with van der Waals surface area (Å²) in [6.07, 6.45) is 3.66. The van der Waals surface area contributed by atoms with Crippen LogP contribution in [0.1, 0.15) is 29.5 Å². The molecule has 1 fully saturated rings. The Labute approximate surface area is 196 Å². The summed E-state index contributed by atoms with van der Waals surface area (Å²) in [6, 6.07) is 15.2. The highest BCUT2D eigenvalue weighted by Gasteiger charge is 2.25. The molecule has 0 atom stereocenters. The molecule has 0 unspecified atom stereocenters. The van der Waals surface area contributed by atoms with Crippen LogP contribution in [0.5, 0.6) is 5.75 Å². The van der Waals surface area contributed by atoms with E-state index in [1.807, 2.05) is 38.1 Å². The molecule has 2 heterocycles. The Bertz CT molecular complexity index is 1440. The molecule has 0 saturated carbocycles. The molecule has 1 aliphatic rings. The van der Waals surface area contributed by atoms with E-state index in [1.54, 1.807) is 23.1 Å². The highest BCUT2D eigenvalue weighted by Crippen LogP contribution is 2.20. The molecule has 0 radical (unpaired) electrons. The topological polar surface area (TPSA) is 75.3 Å². The van der Waals surface area contributed by atoms with Crippen molar-refractivity contribution in [2.45, 2.75) is 26.7 Å². The number of hydrogen-bond donors (Lipinski definition) is 0. The molecule has 0 bridgehead atoms. The van der Waals surface area contributed by atoms with Crippen LogP contribution in [0, 0.1) is 25.2 Å². The van der Waals surface area contributed by atoms with Gasteiger partial charge in [-0.2, -0.15) is 5.26 Å². The second kappa shape index (κ2) is 9.47. The van der Waals surface area contributed by atoms with Gasteiger partial charge in [-0.15, -0.1) is 11.3 Å². The molecule has 1 amide bonds. The number of aromatic nitrogens is 1. The summed E-state index contributed by atoms with van der Waals surface area (Å²) >= 11 is 1.16. The van der Waals surface area contributed by atoms with E-state index >= 15 is 0 Å². The van der Waals surface area contributed by atoms with Crippen molar-refractivity contribution in [1.82, 2.24) is 9.47 Å². The fourth-order valence-electron chi connectivity index (χ4n) is 4.08. The van der Waals surface area contributed by atoms with Gasteiger partial charge in [-0.1, -0.05) is 35.9 Å². The molecular formula is C26H25N3O3S. The first-order chi connectivity index (χ1) is 15.9. The van der Waals surface area contributed by atoms with Crippen molar-refractivity contribution in [1.29, 1.82) is 5.26 Å². The number of methoxy groups -OCH3 is 1. The molecule has 7 heteroatoms. The fourth-order valence-corrected chi connectivity index (χ4v) is 5.16. The zero-order valence-electron chi connectivity index (χ0n) is 18.9. The third-order valence-electron chi connectivity index (χ3n) is 5.79. The van der Waals surface area contributed by atoms with E-state index in [4.69, 9.17) is 4.74 Å². The highest BCUT2D eigenvalue weighted by atomic mass is 32.1. The summed E-state index contributed by atoms with van der Waals surface area (Å²) in [5, 5.41) is 9.99. The van der Waals surface area contributed by atoms with E-state index in [9.17, 15) is 14.9 Å². The number of amides is 1. The van der Waals surface area contributed by atoms with E-state index < -0.39 is 0 Å². The van der Waals surface area contributed by atoms with Gasteiger partial charge in [-0.25, -0.2) is 0 Å². The Morgan fingerprint density at radius 2 is 1.88 bits per heavy atom. The molecule has 0 spiro atoms. The van der Waals surface area contributed by atoms with E-state index in [-0.39, 0.29) is 17.0 Å². The summed E-state index contributed by atoms with van der Waals surface area (Å²) in [5.41, 5.74) is 3.29. The van der Waals surface area contributed by atoms with Crippen molar-refractivity contribution < 1.29 is 9.53 Å². The van der Waals surface area contributed by atoms with E-state index in [2.05, 4.69) is 12.1 Å². The van der Waals surface area contributed by atoms with Crippen LogP contribution in [-0.4, -0.2) is 35.6 Å². The van der Waals surface area contributed by atoms with Crippen molar-refractivity contribution in [3.8, 4) is 17.5 Å². The fraction of sp³-hybridized carbons (Fsp3) is 0.269. The third-order valence-corrected chi connectivity index (χ3v) is 6.89. The predicted octanol–water partition coefficient (Wildman–Crippen LogP) is 2.65. The van der Waals surface area contributed by atoms with Crippen LogP contribution in [0.2, 0.25) is 0 Å². The Morgan fingerprint density at radius 3 is 2.55 bits per heavy atom. The van der Waals surface area contributed by atoms with Crippen molar-refractivity contribution in [2.75, 3.05) is 20.2 Å². The number of rotatable bonds is 4. The minimum absolute atomic E-state index is 0.0230. The average molecular weight is 460 g/mol. The highest BCUT2D eigenvalue weighted by molar-refractivity contribution is 7.07. The second-order valence-electron chi connectivity index (χ2n) is 8.07. The smallest absolute Gasteiger partial charge is 0.273 e. The summed E-state index contributed by atoms with van der Waals surface area (Å²) in [4.78, 5) is 28.5. The molecule has 1 aromatic heterocycles. The Kier molecular flexibility index (Phi) is 6.47. The number of ether oxygens (including phenoxy) is 1. The number of likely N-dealkylation sites (tertiary alicyclic amines) is 1. The minimum Gasteiger partial charge on any atom is -0.495 e. The number of aryl methyl sites for hydroxylation is 2. The van der Waals surface area contributed by atoms with Crippen LogP contribution in [0.4, 0.5) is 0 Å². The molecule has 4 rings (SSSR count). The summed E-state index contributed by atoms with van der Waals surface area (Å²) in [6.45, 7) is 5.26. The number of para-hydroxylation sites is 2. The molecule has 0 aliphatic carbocycles. The van der Waals surface area contributed by atoms with E-state index in [0.717, 1.165) is 40.9 Å².